The van der Waals surface area contributed by atoms with Crippen LogP contribution in [-0.4, -0.2) is 49.1 Å². The summed E-state index contributed by atoms with van der Waals surface area (Å²) in [6.45, 7) is 8.51. The van der Waals surface area contributed by atoms with E-state index in [1.165, 1.54) is 5.56 Å². The lowest BCUT2D eigenvalue weighted by Gasteiger charge is -2.34. The first-order valence-electron chi connectivity index (χ1n) is 10.4. The fourth-order valence-electron chi connectivity index (χ4n) is 3.85. The highest BCUT2D eigenvalue weighted by Crippen LogP contribution is 2.21. The topological polar surface area (TPSA) is 45.9 Å². The van der Waals surface area contributed by atoms with E-state index in [0.29, 0.717) is 12.2 Å². The summed E-state index contributed by atoms with van der Waals surface area (Å²) in [4.78, 5) is 16.9. The van der Waals surface area contributed by atoms with Crippen molar-refractivity contribution < 1.29 is 9.15 Å². The summed E-state index contributed by atoms with van der Waals surface area (Å²) < 4.78 is 11.2. The normalized spacial score (nSPS) is 15.6. The van der Waals surface area contributed by atoms with Gasteiger partial charge in [-0.2, -0.15) is 0 Å². The summed E-state index contributed by atoms with van der Waals surface area (Å²) in [6.07, 6.45) is 0.930. The van der Waals surface area contributed by atoms with Gasteiger partial charge in [0, 0.05) is 50.7 Å². The Balaban J connectivity index is 1.32. The van der Waals surface area contributed by atoms with Crippen LogP contribution in [0.3, 0.4) is 0 Å². The molecule has 1 aliphatic rings. The molecule has 0 amide bonds. The molecule has 2 aromatic carbocycles. The van der Waals surface area contributed by atoms with Gasteiger partial charge in [-0.05, 0) is 35.7 Å². The molecule has 1 fully saturated rings. The lowest BCUT2D eigenvalue weighted by atomic mass is 10.1. The third-order valence-corrected chi connectivity index (χ3v) is 5.58. The molecule has 1 aliphatic heterocycles. The minimum absolute atomic E-state index is 0.266. The molecule has 0 unspecified atom stereocenters. The highest BCUT2D eigenvalue weighted by molar-refractivity contribution is 5.80. The van der Waals surface area contributed by atoms with E-state index in [1.54, 1.807) is 6.07 Å². The first-order valence-corrected chi connectivity index (χ1v) is 10.4. The Kier molecular flexibility index (Phi) is 6.27. The monoisotopic (exact) mass is 392 g/mol. The largest absolute Gasteiger partial charge is 0.492 e. The van der Waals surface area contributed by atoms with E-state index in [2.05, 4.69) is 28.9 Å². The standard InChI is InChI=1S/C24H28N2O3/c1-2-19-8-9-22-20(17-24(27)29-23(22)16-19)18-26-12-10-25(11-13-26)14-15-28-21-6-4-3-5-7-21/h3-9,16-17H,2,10-15,18H2,1H3. The lowest BCUT2D eigenvalue weighted by Crippen LogP contribution is -2.47. The van der Waals surface area contributed by atoms with Crippen LogP contribution in [0.1, 0.15) is 18.1 Å². The van der Waals surface area contributed by atoms with Crippen LogP contribution >= 0.6 is 0 Å². The van der Waals surface area contributed by atoms with Crippen LogP contribution in [0.4, 0.5) is 0 Å². The summed E-state index contributed by atoms with van der Waals surface area (Å²) >= 11 is 0. The van der Waals surface area contributed by atoms with Crippen LogP contribution in [0.5, 0.6) is 5.75 Å². The maximum absolute atomic E-state index is 12.0. The number of benzene rings is 2. The third kappa shape index (κ3) is 5.05. The maximum atomic E-state index is 12.0. The molecule has 0 saturated carbocycles. The van der Waals surface area contributed by atoms with Crippen LogP contribution in [-0.2, 0) is 13.0 Å². The second-order valence-electron chi connectivity index (χ2n) is 7.55. The van der Waals surface area contributed by atoms with Crippen LogP contribution < -0.4 is 10.4 Å². The Morgan fingerprint density at radius 3 is 2.48 bits per heavy atom. The van der Waals surface area contributed by atoms with Gasteiger partial charge in [0.15, 0.2) is 0 Å². The highest BCUT2D eigenvalue weighted by Gasteiger charge is 2.18. The SMILES string of the molecule is CCc1ccc2c(CN3CCN(CCOc4ccccc4)CC3)cc(=O)oc2c1. The summed E-state index contributed by atoms with van der Waals surface area (Å²) in [6, 6.07) is 17.8. The summed E-state index contributed by atoms with van der Waals surface area (Å²) in [5.41, 5.74) is 2.67. The van der Waals surface area contributed by atoms with Gasteiger partial charge in [-0.3, -0.25) is 9.80 Å². The van der Waals surface area contributed by atoms with E-state index in [-0.39, 0.29) is 5.63 Å². The van der Waals surface area contributed by atoms with Crippen molar-refractivity contribution in [2.24, 2.45) is 0 Å². The molecule has 0 N–H and O–H groups in total. The number of nitrogens with zero attached hydrogens (tertiary/aromatic N) is 2. The van der Waals surface area contributed by atoms with Gasteiger partial charge >= 0.3 is 5.63 Å². The van der Waals surface area contributed by atoms with Gasteiger partial charge in [-0.25, -0.2) is 4.79 Å². The molecular weight excluding hydrogens is 364 g/mol. The average Bonchev–Trinajstić information content (AvgIpc) is 2.75. The molecule has 0 aliphatic carbocycles. The Morgan fingerprint density at radius 2 is 1.72 bits per heavy atom. The summed E-state index contributed by atoms with van der Waals surface area (Å²) in [7, 11) is 0. The van der Waals surface area contributed by atoms with E-state index < -0.39 is 0 Å². The van der Waals surface area contributed by atoms with Gasteiger partial charge in [0.05, 0.1) is 0 Å². The van der Waals surface area contributed by atoms with E-state index >= 15 is 0 Å². The van der Waals surface area contributed by atoms with Crippen LogP contribution in [0.2, 0.25) is 0 Å². The van der Waals surface area contributed by atoms with Crippen molar-refractivity contribution in [2.45, 2.75) is 19.9 Å². The average molecular weight is 392 g/mol. The van der Waals surface area contributed by atoms with Crippen molar-refractivity contribution in [1.29, 1.82) is 0 Å². The number of hydrogen-bond acceptors (Lipinski definition) is 5. The molecule has 1 saturated heterocycles. The van der Waals surface area contributed by atoms with Crippen molar-refractivity contribution in [3.05, 3.63) is 76.1 Å². The minimum atomic E-state index is -0.266. The number of hydrogen-bond donors (Lipinski definition) is 0. The van der Waals surface area contributed by atoms with Crippen LogP contribution in [0.15, 0.2) is 63.8 Å². The van der Waals surface area contributed by atoms with Gasteiger partial charge in [0.1, 0.15) is 17.9 Å². The Bertz CT molecular complexity index is 992. The third-order valence-electron chi connectivity index (χ3n) is 5.58. The molecule has 0 atom stereocenters. The molecule has 3 aromatic rings. The Hall–Kier alpha value is -2.63. The summed E-state index contributed by atoms with van der Waals surface area (Å²) in [5.74, 6) is 0.923. The smallest absolute Gasteiger partial charge is 0.336 e. The van der Waals surface area contributed by atoms with Crippen molar-refractivity contribution in [3.63, 3.8) is 0 Å². The molecule has 29 heavy (non-hydrogen) atoms. The Morgan fingerprint density at radius 1 is 0.966 bits per heavy atom. The predicted octanol–water partition coefficient (Wildman–Crippen LogP) is 3.55. The molecule has 0 bridgehead atoms. The predicted molar refractivity (Wildman–Crippen MR) is 116 cm³/mol. The fourth-order valence-corrected chi connectivity index (χ4v) is 3.85. The number of rotatable bonds is 7. The molecule has 0 radical (unpaired) electrons. The second-order valence-corrected chi connectivity index (χ2v) is 7.55. The number of ether oxygens (including phenoxy) is 1. The van der Waals surface area contributed by atoms with Gasteiger partial charge < -0.3 is 9.15 Å². The Labute approximate surface area is 171 Å². The summed E-state index contributed by atoms with van der Waals surface area (Å²) in [5, 5.41) is 1.04. The zero-order valence-corrected chi connectivity index (χ0v) is 17.0. The number of fused-ring (bicyclic) bond motifs is 1. The van der Waals surface area contributed by atoms with E-state index in [0.717, 1.165) is 62.4 Å². The molecule has 152 valence electrons. The zero-order valence-electron chi connectivity index (χ0n) is 17.0. The van der Waals surface area contributed by atoms with Gasteiger partial charge in [-0.15, -0.1) is 0 Å². The lowest BCUT2D eigenvalue weighted by molar-refractivity contribution is 0.112. The number of aryl methyl sites for hydroxylation is 1. The van der Waals surface area contributed by atoms with E-state index in [4.69, 9.17) is 9.15 Å². The van der Waals surface area contributed by atoms with Crippen LogP contribution in [0, 0.1) is 0 Å². The van der Waals surface area contributed by atoms with E-state index in [1.807, 2.05) is 36.4 Å². The van der Waals surface area contributed by atoms with Crippen molar-refractivity contribution in [2.75, 3.05) is 39.3 Å². The van der Waals surface area contributed by atoms with E-state index in [9.17, 15) is 4.79 Å². The quantitative estimate of drug-likeness (QED) is 0.576. The molecule has 5 heteroatoms. The highest BCUT2D eigenvalue weighted by atomic mass is 16.5. The molecular formula is C24H28N2O3. The minimum Gasteiger partial charge on any atom is -0.492 e. The van der Waals surface area contributed by atoms with Gasteiger partial charge in [0.25, 0.3) is 0 Å². The van der Waals surface area contributed by atoms with Gasteiger partial charge in [0.2, 0.25) is 0 Å². The first kappa shape index (κ1) is 19.7. The molecule has 4 rings (SSSR count). The zero-order chi connectivity index (χ0) is 20.1. The molecule has 0 spiro atoms. The van der Waals surface area contributed by atoms with Crippen molar-refractivity contribution >= 4 is 11.0 Å². The molecule has 1 aromatic heterocycles. The van der Waals surface area contributed by atoms with Crippen LogP contribution in [0.25, 0.3) is 11.0 Å². The second kappa shape index (κ2) is 9.25. The maximum Gasteiger partial charge on any atom is 0.336 e. The molecule has 2 heterocycles. The fraction of sp³-hybridized carbons (Fsp3) is 0.375. The number of para-hydroxylation sites is 1. The van der Waals surface area contributed by atoms with Gasteiger partial charge in [-0.1, -0.05) is 37.3 Å². The van der Waals surface area contributed by atoms with Crippen molar-refractivity contribution in [3.8, 4) is 5.75 Å². The number of piperazine rings is 1. The first-order chi connectivity index (χ1) is 14.2. The van der Waals surface area contributed by atoms with Crippen molar-refractivity contribution in [1.82, 2.24) is 9.80 Å². The molecule has 5 nitrogen and oxygen atoms in total.